The average Bonchev–Trinajstić information content (AvgIpc) is 2.33. The fourth-order valence-electron chi connectivity index (χ4n) is 1.62. The van der Waals surface area contributed by atoms with Crippen molar-refractivity contribution in [1.29, 1.82) is 0 Å². The lowest BCUT2D eigenvalue weighted by molar-refractivity contribution is 0.173. The molecule has 0 aliphatic rings. The third-order valence-electron chi connectivity index (χ3n) is 2.47. The van der Waals surface area contributed by atoms with Crippen LogP contribution in [-0.4, -0.2) is 10.1 Å². The minimum Gasteiger partial charge on any atom is -0.388 e. The van der Waals surface area contributed by atoms with Gasteiger partial charge < -0.3 is 5.11 Å². The largest absolute Gasteiger partial charge is 0.388 e. The number of aliphatic hydroxyl groups excluding tert-OH is 1. The molecule has 0 spiro atoms. The molecule has 2 nitrogen and oxygen atoms in total. The van der Waals surface area contributed by atoms with Crippen LogP contribution in [-0.2, 0) is 6.42 Å². The Bertz CT molecular complexity index is 504. The molecule has 0 bridgehead atoms. The first kappa shape index (κ1) is 12.0. The van der Waals surface area contributed by atoms with E-state index >= 15 is 0 Å². The minimum atomic E-state index is -0.919. The number of rotatable bonds is 3. The van der Waals surface area contributed by atoms with E-state index in [-0.39, 0.29) is 5.56 Å². The lowest BCUT2D eigenvalue weighted by Gasteiger charge is -2.12. The Labute approximate surface area is 104 Å². The molecule has 4 heteroatoms. The first-order valence-corrected chi connectivity index (χ1v) is 5.56. The van der Waals surface area contributed by atoms with Crippen molar-refractivity contribution in [3.8, 4) is 0 Å². The Kier molecular flexibility index (Phi) is 3.71. The highest BCUT2D eigenvalue weighted by Gasteiger charge is 2.13. The van der Waals surface area contributed by atoms with Crippen molar-refractivity contribution < 1.29 is 9.50 Å². The van der Waals surface area contributed by atoms with Crippen molar-refractivity contribution in [3.05, 3.63) is 64.7 Å². The van der Waals surface area contributed by atoms with Gasteiger partial charge in [-0.1, -0.05) is 17.7 Å². The maximum absolute atomic E-state index is 13.5. The molecule has 1 heterocycles. The van der Waals surface area contributed by atoms with Crippen molar-refractivity contribution in [2.24, 2.45) is 0 Å². The number of aliphatic hydroxyl groups is 1. The summed E-state index contributed by atoms with van der Waals surface area (Å²) in [6, 6.07) is 7.76. The number of aromatic nitrogens is 1. The molecule has 0 amide bonds. The zero-order valence-corrected chi connectivity index (χ0v) is 9.73. The van der Waals surface area contributed by atoms with Crippen molar-refractivity contribution in [1.82, 2.24) is 4.98 Å². The summed E-state index contributed by atoms with van der Waals surface area (Å²) in [5, 5.41) is 10.4. The Morgan fingerprint density at radius 3 is 2.88 bits per heavy atom. The second kappa shape index (κ2) is 5.25. The van der Waals surface area contributed by atoms with Crippen LogP contribution in [0.5, 0.6) is 0 Å². The molecule has 0 aliphatic heterocycles. The highest BCUT2D eigenvalue weighted by molar-refractivity contribution is 6.30. The van der Waals surface area contributed by atoms with Gasteiger partial charge >= 0.3 is 0 Å². The van der Waals surface area contributed by atoms with Crippen LogP contribution in [0.1, 0.15) is 17.2 Å². The summed E-state index contributed by atoms with van der Waals surface area (Å²) in [4.78, 5) is 3.94. The van der Waals surface area contributed by atoms with E-state index in [1.165, 1.54) is 18.2 Å². The maximum atomic E-state index is 13.5. The molecule has 1 unspecified atom stereocenters. The fraction of sp³-hybridized carbons (Fsp3) is 0.154. The number of halogens is 2. The zero-order valence-electron chi connectivity index (χ0n) is 8.98. The summed E-state index contributed by atoms with van der Waals surface area (Å²) in [5.41, 5.74) is 1.06. The van der Waals surface area contributed by atoms with E-state index < -0.39 is 11.9 Å². The zero-order chi connectivity index (χ0) is 12.3. The van der Waals surface area contributed by atoms with Crippen LogP contribution in [0.25, 0.3) is 0 Å². The maximum Gasteiger partial charge on any atom is 0.129 e. The summed E-state index contributed by atoms with van der Waals surface area (Å²) in [6.45, 7) is 0. The third-order valence-corrected chi connectivity index (χ3v) is 2.70. The molecule has 0 saturated heterocycles. The summed E-state index contributed by atoms with van der Waals surface area (Å²) in [7, 11) is 0. The van der Waals surface area contributed by atoms with Crippen LogP contribution < -0.4 is 0 Å². The van der Waals surface area contributed by atoms with E-state index in [0.717, 1.165) is 5.56 Å². The molecule has 17 heavy (non-hydrogen) atoms. The Balaban J connectivity index is 2.20. The molecule has 0 radical (unpaired) electrons. The van der Waals surface area contributed by atoms with Gasteiger partial charge in [-0.15, -0.1) is 0 Å². The van der Waals surface area contributed by atoms with E-state index in [1.807, 2.05) is 6.07 Å². The topological polar surface area (TPSA) is 33.1 Å². The molecule has 2 aromatic rings. The molecule has 0 saturated carbocycles. The molecule has 1 atom stereocenters. The second-order valence-electron chi connectivity index (χ2n) is 3.75. The number of pyridine rings is 1. The number of hydrogen-bond donors (Lipinski definition) is 1. The first-order chi connectivity index (χ1) is 8.16. The molecule has 2 rings (SSSR count). The normalized spacial score (nSPS) is 12.4. The Hall–Kier alpha value is -1.45. The molecule has 0 aliphatic carbocycles. The van der Waals surface area contributed by atoms with Crippen molar-refractivity contribution >= 4 is 11.6 Å². The number of hydrogen-bond acceptors (Lipinski definition) is 2. The van der Waals surface area contributed by atoms with E-state index in [1.54, 1.807) is 18.5 Å². The van der Waals surface area contributed by atoms with Gasteiger partial charge in [0.2, 0.25) is 0 Å². The SMILES string of the molecule is OC(Cc1cccnc1)c1cc(Cl)ccc1F. The Morgan fingerprint density at radius 2 is 2.18 bits per heavy atom. The van der Waals surface area contributed by atoms with Gasteiger partial charge in [-0.25, -0.2) is 4.39 Å². The monoisotopic (exact) mass is 251 g/mol. The van der Waals surface area contributed by atoms with Crippen LogP contribution in [0.4, 0.5) is 4.39 Å². The van der Waals surface area contributed by atoms with E-state index in [2.05, 4.69) is 4.98 Å². The second-order valence-corrected chi connectivity index (χ2v) is 4.18. The van der Waals surface area contributed by atoms with Gasteiger partial charge in [-0.05, 0) is 29.8 Å². The van der Waals surface area contributed by atoms with Gasteiger partial charge in [0.25, 0.3) is 0 Å². The highest BCUT2D eigenvalue weighted by Crippen LogP contribution is 2.23. The number of nitrogens with zero attached hydrogens (tertiary/aromatic N) is 1. The first-order valence-electron chi connectivity index (χ1n) is 5.19. The molecule has 1 aromatic heterocycles. The van der Waals surface area contributed by atoms with E-state index in [9.17, 15) is 9.50 Å². The number of benzene rings is 1. The van der Waals surface area contributed by atoms with Crippen LogP contribution in [0.15, 0.2) is 42.7 Å². The van der Waals surface area contributed by atoms with Gasteiger partial charge in [0.15, 0.2) is 0 Å². The molecule has 88 valence electrons. The predicted molar refractivity (Wildman–Crippen MR) is 64.3 cm³/mol. The summed E-state index contributed by atoms with van der Waals surface area (Å²) in [6.07, 6.45) is 2.69. The Morgan fingerprint density at radius 1 is 1.35 bits per heavy atom. The lowest BCUT2D eigenvalue weighted by atomic mass is 10.0. The average molecular weight is 252 g/mol. The smallest absolute Gasteiger partial charge is 0.129 e. The van der Waals surface area contributed by atoms with Gasteiger partial charge in [-0.2, -0.15) is 0 Å². The molecule has 0 fully saturated rings. The molecular weight excluding hydrogens is 241 g/mol. The van der Waals surface area contributed by atoms with E-state index in [0.29, 0.717) is 11.4 Å². The summed E-state index contributed by atoms with van der Waals surface area (Å²) in [5.74, 6) is -0.453. The summed E-state index contributed by atoms with van der Waals surface area (Å²) < 4.78 is 13.5. The van der Waals surface area contributed by atoms with Crippen LogP contribution in [0.2, 0.25) is 5.02 Å². The lowest BCUT2D eigenvalue weighted by Crippen LogP contribution is -2.04. The van der Waals surface area contributed by atoms with Crippen molar-refractivity contribution in [2.75, 3.05) is 0 Å². The quantitative estimate of drug-likeness (QED) is 0.909. The van der Waals surface area contributed by atoms with E-state index in [4.69, 9.17) is 11.6 Å². The highest BCUT2D eigenvalue weighted by atomic mass is 35.5. The van der Waals surface area contributed by atoms with Crippen molar-refractivity contribution in [2.45, 2.75) is 12.5 Å². The minimum absolute atomic E-state index is 0.210. The molecule has 1 N–H and O–H groups in total. The standard InChI is InChI=1S/C13H11ClFNO/c14-10-3-4-12(15)11(7-10)13(17)6-9-2-1-5-16-8-9/h1-5,7-8,13,17H,6H2. The van der Waals surface area contributed by atoms with Crippen molar-refractivity contribution in [3.63, 3.8) is 0 Å². The molecular formula is C13H11ClFNO. The predicted octanol–water partition coefficient (Wildman–Crippen LogP) is 3.15. The van der Waals surface area contributed by atoms with Gasteiger partial charge in [0.1, 0.15) is 5.82 Å². The van der Waals surface area contributed by atoms with Crippen LogP contribution >= 0.6 is 11.6 Å². The summed E-state index contributed by atoms with van der Waals surface area (Å²) >= 11 is 5.77. The third kappa shape index (κ3) is 3.02. The van der Waals surface area contributed by atoms with Crippen LogP contribution in [0, 0.1) is 5.82 Å². The van der Waals surface area contributed by atoms with Gasteiger partial charge in [-0.3, -0.25) is 4.98 Å². The van der Waals surface area contributed by atoms with Gasteiger partial charge in [0.05, 0.1) is 6.10 Å². The molecule has 1 aromatic carbocycles. The fourth-order valence-corrected chi connectivity index (χ4v) is 1.80. The van der Waals surface area contributed by atoms with Crippen LogP contribution in [0.3, 0.4) is 0 Å². The van der Waals surface area contributed by atoms with Gasteiger partial charge in [0, 0.05) is 29.4 Å².